The third-order valence-corrected chi connectivity index (χ3v) is 10.1. The van der Waals surface area contributed by atoms with Crippen molar-refractivity contribution in [2.45, 2.75) is 92.4 Å². The summed E-state index contributed by atoms with van der Waals surface area (Å²) in [7, 11) is 4.66. The van der Waals surface area contributed by atoms with E-state index in [9.17, 15) is 4.79 Å². The van der Waals surface area contributed by atoms with Crippen molar-refractivity contribution in [3.8, 4) is 17.2 Å². The third-order valence-electron chi connectivity index (χ3n) is 9.37. The molecule has 0 bridgehead atoms. The number of amides is 1. The van der Waals surface area contributed by atoms with Crippen molar-refractivity contribution in [2.24, 2.45) is 4.99 Å². The van der Waals surface area contributed by atoms with Crippen LogP contribution >= 0.6 is 23.2 Å². The smallest absolute Gasteiger partial charge is 0.254 e. The van der Waals surface area contributed by atoms with Gasteiger partial charge in [-0.15, -0.1) is 0 Å². The summed E-state index contributed by atoms with van der Waals surface area (Å²) in [5, 5.41) is 1.09. The predicted octanol–water partition coefficient (Wildman–Crippen LogP) is 11.2. The van der Waals surface area contributed by atoms with Crippen LogP contribution in [-0.4, -0.2) is 88.7 Å². The van der Waals surface area contributed by atoms with E-state index in [0.717, 1.165) is 75.5 Å². The Hall–Kier alpha value is -3.30. The topological polar surface area (TPSA) is 72.8 Å². The minimum absolute atomic E-state index is 0.0578. The Kier molecular flexibility index (Phi) is 21.7. The van der Waals surface area contributed by atoms with Gasteiger partial charge in [0.25, 0.3) is 5.91 Å². The van der Waals surface area contributed by atoms with Gasteiger partial charge in [0, 0.05) is 43.0 Å². The Morgan fingerprint density at radius 3 is 2.06 bits per heavy atom. The largest absolute Gasteiger partial charge is 0.493 e. The van der Waals surface area contributed by atoms with Crippen LogP contribution in [0.5, 0.6) is 17.2 Å². The Labute approximate surface area is 336 Å². The Balaban J connectivity index is 0.000000487. The number of aliphatic imine (C=N–C) groups is 1. The van der Waals surface area contributed by atoms with Crippen molar-refractivity contribution >= 4 is 40.5 Å². The molecular weight excluding hydrogens is 721 g/mol. The highest BCUT2D eigenvalue weighted by atomic mass is 35.5. The number of para-hydroxylation sites is 1. The van der Waals surface area contributed by atoms with Crippen LogP contribution in [0.1, 0.15) is 102 Å². The molecule has 1 aliphatic rings. The molecule has 0 unspecified atom stereocenters. The number of rotatable bonds is 17. The Morgan fingerprint density at radius 1 is 0.852 bits per heavy atom. The molecule has 0 aliphatic carbocycles. The number of benzene rings is 3. The number of likely N-dealkylation sites (tertiary alicyclic amines) is 1. The van der Waals surface area contributed by atoms with Crippen molar-refractivity contribution in [2.75, 3.05) is 67.3 Å². The van der Waals surface area contributed by atoms with Crippen LogP contribution in [0, 0.1) is 6.92 Å². The van der Waals surface area contributed by atoms with Gasteiger partial charge in [0.05, 0.1) is 37.1 Å². The molecule has 10 heteroatoms. The highest BCUT2D eigenvalue weighted by Crippen LogP contribution is 2.42. The van der Waals surface area contributed by atoms with Crippen LogP contribution < -0.4 is 14.2 Å². The molecule has 1 fully saturated rings. The number of nitrogens with zero attached hydrogens (tertiary/aromatic N) is 3. The normalized spacial score (nSPS) is 14.8. The second kappa shape index (κ2) is 25.0. The van der Waals surface area contributed by atoms with Gasteiger partial charge in [-0.25, -0.2) is 0 Å². The summed E-state index contributed by atoms with van der Waals surface area (Å²) >= 11 is 12.7. The molecular formula is C44H65Cl2N3O5. The van der Waals surface area contributed by atoms with E-state index in [2.05, 4.69) is 49.7 Å². The van der Waals surface area contributed by atoms with E-state index >= 15 is 0 Å². The first kappa shape index (κ1) is 46.9. The molecule has 0 radical (unpaired) electrons. The third kappa shape index (κ3) is 14.4. The number of ether oxygens (including phenoxy) is 4. The molecule has 1 heterocycles. The maximum atomic E-state index is 13.7. The standard InChI is InChI=1S/C29H40Cl2N2O4.C10H13N.C5H12O/c1-6-8-14-32(13-7-2)15-11-29(22-9-10-23(30)24(31)19-22)12-16-33(20-29)28(34)21-17-25(35-3)27(37-5)26(18-21)36-4;1-8(2)11-10-7-5-4-6-9(10)3;1-3-5-6-4-2/h9-10,17-19H,6-8,11-16,20H2,1-5H3;4-7H,1-3H3;3-5H2,1-2H3/t29-;;/m0../s1. The lowest BCUT2D eigenvalue weighted by Gasteiger charge is -2.33. The summed E-state index contributed by atoms with van der Waals surface area (Å²) in [5.41, 5.74) is 4.84. The lowest BCUT2D eigenvalue weighted by Crippen LogP contribution is -2.38. The molecule has 0 N–H and O–H groups in total. The second-order valence-corrected chi connectivity index (χ2v) is 14.6. The zero-order valence-corrected chi connectivity index (χ0v) is 36.0. The quantitative estimate of drug-likeness (QED) is 0.100. The average Bonchev–Trinajstić information content (AvgIpc) is 3.62. The van der Waals surface area contributed by atoms with Crippen molar-refractivity contribution in [1.29, 1.82) is 0 Å². The number of unbranched alkanes of at least 4 members (excludes halogenated alkanes) is 1. The van der Waals surface area contributed by atoms with E-state index in [0.29, 0.717) is 45.9 Å². The molecule has 54 heavy (non-hydrogen) atoms. The monoisotopic (exact) mass is 785 g/mol. The molecule has 3 aromatic rings. The minimum atomic E-state index is -0.206. The maximum Gasteiger partial charge on any atom is 0.254 e. The van der Waals surface area contributed by atoms with E-state index in [4.69, 9.17) is 42.1 Å². The van der Waals surface area contributed by atoms with Gasteiger partial charge in [0.2, 0.25) is 5.75 Å². The zero-order valence-electron chi connectivity index (χ0n) is 34.5. The van der Waals surface area contributed by atoms with Crippen LogP contribution in [0.15, 0.2) is 59.6 Å². The predicted molar refractivity (Wildman–Crippen MR) is 227 cm³/mol. The summed E-state index contributed by atoms with van der Waals surface area (Å²) in [6.45, 7) is 20.8. The van der Waals surface area contributed by atoms with Crippen LogP contribution in [0.4, 0.5) is 5.69 Å². The Morgan fingerprint density at radius 2 is 1.54 bits per heavy atom. The number of hydrogen-bond acceptors (Lipinski definition) is 7. The second-order valence-electron chi connectivity index (χ2n) is 13.8. The summed E-state index contributed by atoms with van der Waals surface area (Å²) in [4.78, 5) is 22.6. The molecule has 1 saturated heterocycles. The average molecular weight is 787 g/mol. The maximum absolute atomic E-state index is 13.7. The van der Waals surface area contributed by atoms with E-state index in [1.807, 2.05) is 56.0 Å². The molecule has 8 nitrogen and oxygen atoms in total. The number of halogens is 2. The molecule has 1 aliphatic heterocycles. The van der Waals surface area contributed by atoms with E-state index < -0.39 is 0 Å². The Bertz CT molecular complexity index is 1570. The lowest BCUT2D eigenvalue weighted by molar-refractivity contribution is 0.0780. The van der Waals surface area contributed by atoms with Crippen molar-refractivity contribution in [1.82, 2.24) is 9.80 Å². The fraction of sp³-hybridized carbons (Fsp3) is 0.545. The number of carbonyl (C=O) groups is 1. The van der Waals surface area contributed by atoms with Gasteiger partial charge in [0.15, 0.2) is 11.5 Å². The summed E-state index contributed by atoms with van der Waals surface area (Å²) in [5.74, 6) is 1.34. The first-order chi connectivity index (χ1) is 25.9. The van der Waals surface area contributed by atoms with E-state index in [-0.39, 0.29) is 11.3 Å². The molecule has 0 saturated carbocycles. The van der Waals surface area contributed by atoms with Crippen LogP contribution in [0.3, 0.4) is 0 Å². The molecule has 300 valence electrons. The van der Waals surface area contributed by atoms with Gasteiger partial charge in [-0.3, -0.25) is 9.79 Å². The van der Waals surface area contributed by atoms with Crippen LogP contribution in [0.25, 0.3) is 0 Å². The van der Waals surface area contributed by atoms with Gasteiger partial charge in [-0.1, -0.05) is 74.7 Å². The summed E-state index contributed by atoms with van der Waals surface area (Å²) < 4.78 is 21.4. The van der Waals surface area contributed by atoms with Crippen LogP contribution in [-0.2, 0) is 10.2 Å². The van der Waals surface area contributed by atoms with Crippen molar-refractivity contribution in [3.05, 3.63) is 81.3 Å². The van der Waals surface area contributed by atoms with Gasteiger partial charge < -0.3 is 28.7 Å². The molecule has 4 rings (SSSR count). The number of hydrogen-bond donors (Lipinski definition) is 0. The van der Waals surface area contributed by atoms with Crippen LogP contribution in [0.2, 0.25) is 10.0 Å². The number of aryl methyl sites for hydroxylation is 1. The van der Waals surface area contributed by atoms with E-state index in [1.165, 1.54) is 18.4 Å². The number of carbonyl (C=O) groups excluding carboxylic acids is 1. The molecule has 1 amide bonds. The SMILES string of the molecule is CC(C)=Nc1ccccc1C.CCCCN(CCC)CC[C@]1(c2ccc(Cl)c(Cl)c2)CCN(C(=O)c2cc(OC)c(OC)c(OC)c2)C1.CCCOCC. The molecule has 3 aromatic carbocycles. The summed E-state index contributed by atoms with van der Waals surface area (Å²) in [6.07, 6.45) is 6.41. The minimum Gasteiger partial charge on any atom is -0.493 e. The highest BCUT2D eigenvalue weighted by Gasteiger charge is 2.42. The molecule has 1 atom stereocenters. The van der Waals surface area contributed by atoms with Gasteiger partial charge in [-0.05, 0) is 121 Å². The van der Waals surface area contributed by atoms with E-state index in [1.54, 1.807) is 33.5 Å². The molecule has 0 aromatic heterocycles. The summed E-state index contributed by atoms with van der Waals surface area (Å²) in [6, 6.07) is 17.5. The zero-order chi connectivity index (χ0) is 40.1. The first-order valence-electron chi connectivity index (χ1n) is 19.4. The van der Waals surface area contributed by atoms with Crippen molar-refractivity contribution in [3.63, 3.8) is 0 Å². The first-order valence-corrected chi connectivity index (χ1v) is 20.1. The van der Waals surface area contributed by atoms with Gasteiger partial charge >= 0.3 is 0 Å². The number of methoxy groups -OCH3 is 3. The fourth-order valence-corrected chi connectivity index (χ4v) is 6.76. The lowest BCUT2D eigenvalue weighted by atomic mass is 9.76. The fourth-order valence-electron chi connectivity index (χ4n) is 6.47. The van der Waals surface area contributed by atoms with Gasteiger partial charge in [-0.2, -0.15) is 0 Å². The van der Waals surface area contributed by atoms with Gasteiger partial charge in [0.1, 0.15) is 0 Å². The highest BCUT2D eigenvalue weighted by molar-refractivity contribution is 6.42. The van der Waals surface area contributed by atoms with Crippen molar-refractivity contribution < 1.29 is 23.7 Å². The molecule has 0 spiro atoms.